The second kappa shape index (κ2) is 8.27. The Kier molecular flexibility index (Phi) is 5.44. The number of ketones is 1. The normalized spacial score (nSPS) is 11.1. The van der Waals surface area contributed by atoms with Crippen molar-refractivity contribution >= 4 is 32.4 Å². The number of carbonyl (C=O) groups excluding carboxylic acids is 1. The highest BCUT2D eigenvalue weighted by Crippen LogP contribution is 2.38. The molecular weight excluding hydrogens is 464 g/mol. The van der Waals surface area contributed by atoms with E-state index in [1.165, 1.54) is 54.6 Å². The number of phenolic OH excluding ortho intramolecular Hbond substituents is 3. The summed E-state index contributed by atoms with van der Waals surface area (Å²) in [6.45, 7) is 0. The van der Waals surface area contributed by atoms with Crippen molar-refractivity contribution in [2.75, 3.05) is 0 Å². The van der Waals surface area contributed by atoms with Gasteiger partial charge in [0, 0.05) is 17.0 Å². The molecule has 0 bridgehead atoms. The van der Waals surface area contributed by atoms with E-state index in [1.54, 1.807) is 0 Å². The van der Waals surface area contributed by atoms with E-state index in [1.807, 2.05) is 0 Å². The van der Waals surface area contributed by atoms with Crippen molar-refractivity contribution in [3.05, 3.63) is 82.8 Å². The molecule has 4 aromatic rings. The van der Waals surface area contributed by atoms with E-state index in [9.17, 15) is 33.6 Å². The molecule has 0 saturated heterocycles. The highest BCUT2D eigenvalue weighted by molar-refractivity contribution is 7.87. The molecule has 0 fully saturated rings. The Morgan fingerprint density at radius 2 is 1.59 bits per heavy atom. The lowest BCUT2D eigenvalue weighted by Gasteiger charge is -2.12. The first kappa shape index (κ1) is 22.4. The molecule has 3 N–H and O–H groups in total. The van der Waals surface area contributed by atoms with Crippen LogP contribution in [0.3, 0.4) is 0 Å². The molecule has 0 aliphatic rings. The van der Waals surface area contributed by atoms with Crippen LogP contribution in [0.15, 0.2) is 71.6 Å². The van der Waals surface area contributed by atoms with Crippen LogP contribution in [0.1, 0.15) is 15.9 Å². The SMILES string of the molecule is N#[N+]c1ccc2c(S(=O)(=O)Oc3ccc(C(=O)c4ccc(O)c(O)c4O)cc3)cccc2c1[O-]. The van der Waals surface area contributed by atoms with E-state index < -0.39 is 38.9 Å². The van der Waals surface area contributed by atoms with Crippen LogP contribution in [0, 0.1) is 5.39 Å². The van der Waals surface area contributed by atoms with Crippen molar-refractivity contribution < 1.29 is 37.8 Å². The van der Waals surface area contributed by atoms with E-state index in [0.717, 1.165) is 12.1 Å². The van der Waals surface area contributed by atoms with Gasteiger partial charge in [0.15, 0.2) is 22.3 Å². The second-order valence-electron chi connectivity index (χ2n) is 7.09. The average molecular weight is 478 g/mol. The Bertz CT molecular complexity index is 1610. The topological polar surface area (TPSA) is 172 Å². The van der Waals surface area contributed by atoms with Crippen molar-refractivity contribution in [2.45, 2.75) is 4.90 Å². The summed E-state index contributed by atoms with van der Waals surface area (Å²) >= 11 is 0. The molecule has 0 aliphatic heterocycles. The largest absolute Gasteiger partial charge is 0.867 e. The summed E-state index contributed by atoms with van der Waals surface area (Å²) < 4.78 is 30.9. The molecule has 4 aromatic carbocycles. The van der Waals surface area contributed by atoms with E-state index in [4.69, 9.17) is 9.58 Å². The molecule has 0 amide bonds. The Morgan fingerprint density at radius 1 is 0.882 bits per heavy atom. The van der Waals surface area contributed by atoms with Crippen molar-refractivity contribution in [1.82, 2.24) is 0 Å². The Balaban J connectivity index is 1.64. The predicted molar refractivity (Wildman–Crippen MR) is 117 cm³/mol. The van der Waals surface area contributed by atoms with Gasteiger partial charge in [0.1, 0.15) is 10.6 Å². The van der Waals surface area contributed by atoms with Crippen molar-refractivity contribution in [3.8, 4) is 28.7 Å². The zero-order chi connectivity index (χ0) is 24.6. The van der Waals surface area contributed by atoms with Gasteiger partial charge in [-0.15, -0.1) is 0 Å². The van der Waals surface area contributed by atoms with Gasteiger partial charge in [-0.05, 0) is 59.7 Å². The fourth-order valence-corrected chi connectivity index (χ4v) is 4.47. The number of diazo groups is 1. The number of fused-ring (bicyclic) bond motifs is 1. The molecule has 0 saturated carbocycles. The molecule has 34 heavy (non-hydrogen) atoms. The minimum absolute atomic E-state index is 0.0258. The van der Waals surface area contributed by atoms with Gasteiger partial charge in [-0.25, -0.2) is 0 Å². The van der Waals surface area contributed by atoms with E-state index in [-0.39, 0.29) is 38.2 Å². The Morgan fingerprint density at radius 3 is 2.26 bits per heavy atom. The van der Waals surface area contributed by atoms with Crippen molar-refractivity contribution in [3.63, 3.8) is 0 Å². The van der Waals surface area contributed by atoms with Crippen LogP contribution in [0.2, 0.25) is 0 Å². The molecule has 0 unspecified atom stereocenters. The summed E-state index contributed by atoms with van der Waals surface area (Å²) in [4.78, 5) is 15.2. The van der Waals surface area contributed by atoms with Gasteiger partial charge in [0.25, 0.3) is 0 Å². The first-order valence-electron chi connectivity index (χ1n) is 9.55. The van der Waals surface area contributed by atoms with Crippen LogP contribution in [0.25, 0.3) is 15.7 Å². The molecule has 10 nitrogen and oxygen atoms in total. The highest BCUT2D eigenvalue weighted by Gasteiger charge is 2.23. The molecule has 0 heterocycles. The summed E-state index contributed by atoms with van der Waals surface area (Å²) in [7, 11) is -4.40. The average Bonchev–Trinajstić information content (AvgIpc) is 2.82. The van der Waals surface area contributed by atoms with Crippen molar-refractivity contribution in [2.24, 2.45) is 0 Å². The molecule has 0 radical (unpaired) electrons. The van der Waals surface area contributed by atoms with Gasteiger partial charge in [-0.2, -0.15) is 8.42 Å². The second-order valence-corrected chi connectivity index (χ2v) is 8.60. The highest BCUT2D eigenvalue weighted by atomic mass is 32.2. The molecule has 0 atom stereocenters. The molecule has 170 valence electrons. The molecular formula is C23H14N2O8S. The third-order valence-corrected chi connectivity index (χ3v) is 6.33. The smallest absolute Gasteiger partial charge is 0.378 e. The molecule has 4 rings (SSSR count). The number of aromatic hydroxyl groups is 3. The quantitative estimate of drug-likeness (QED) is 0.168. The number of carbonyl (C=O) groups is 1. The third-order valence-electron chi connectivity index (χ3n) is 5.03. The summed E-state index contributed by atoms with van der Waals surface area (Å²) in [6, 6.07) is 13.6. The lowest BCUT2D eigenvalue weighted by Crippen LogP contribution is -2.11. The monoisotopic (exact) mass is 478 g/mol. The van der Waals surface area contributed by atoms with E-state index >= 15 is 0 Å². The fourth-order valence-electron chi connectivity index (χ4n) is 3.33. The van der Waals surface area contributed by atoms with Gasteiger partial charge in [-0.1, -0.05) is 12.1 Å². The number of hydrogen-bond donors (Lipinski definition) is 3. The lowest BCUT2D eigenvalue weighted by molar-refractivity contribution is -0.264. The Hall–Kier alpha value is -4.82. The number of hydrogen-bond acceptors (Lipinski definition) is 9. The maximum Gasteiger partial charge on any atom is 0.378 e. The standard InChI is InChI=1S/C23H14N2O8S/c24-25-17-10-8-14-15(21(17)28)2-1-3-19(14)34(31,32)33-13-6-4-12(5-7-13)20(27)16-9-11-18(26)23(30)22(16)29/h1-11,24H,(H2,26,27,28,29). The fraction of sp³-hybridized carbons (Fsp3) is 0. The number of rotatable bonds is 5. The maximum atomic E-state index is 12.9. The van der Waals surface area contributed by atoms with Gasteiger partial charge in [0.05, 0.1) is 5.56 Å². The Labute approximate surface area is 192 Å². The van der Waals surface area contributed by atoms with Gasteiger partial charge in [0.2, 0.25) is 11.1 Å². The van der Waals surface area contributed by atoms with Gasteiger partial charge < -0.3 is 24.6 Å². The van der Waals surface area contributed by atoms with Crippen LogP contribution >= 0.6 is 0 Å². The van der Waals surface area contributed by atoms with Crippen LogP contribution in [-0.2, 0) is 10.1 Å². The summed E-state index contributed by atoms with van der Waals surface area (Å²) in [5.74, 6) is -3.70. The van der Waals surface area contributed by atoms with Crippen LogP contribution in [0.5, 0.6) is 28.7 Å². The predicted octanol–water partition coefficient (Wildman–Crippen LogP) is 3.51. The number of nitrogens with zero attached hydrogens (tertiary/aromatic N) is 2. The van der Waals surface area contributed by atoms with E-state index in [0.29, 0.717) is 0 Å². The molecule has 11 heteroatoms. The maximum absolute atomic E-state index is 12.9. The first-order valence-corrected chi connectivity index (χ1v) is 11.0. The summed E-state index contributed by atoms with van der Waals surface area (Å²) in [6.07, 6.45) is 0. The molecule has 0 spiro atoms. The van der Waals surface area contributed by atoms with Crippen molar-refractivity contribution in [1.29, 1.82) is 5.39 Å². The number of benzene rings is 4. The van der Waals surface area contributed by atoms with E-state index in [2.05, 4.69) is 4.98 Å². The zero-order valence-electron chi connectivity index (χ0n) is 17.0. The van der Waals surface area contributed by atoms with Gasteiger partial charge >= 0.3 is 15.8 Å². The van der Waals surface area contributed by atoms with Gasteiger partial charge in [-0.3, -0.25) is 4.79 Å². The van der Waals surface area contributed by atoms with Crippen LogP contribution in [-0.4, -0.2) is 29.5 Å². The third kappa shape index (κ3) is 3.78. The lowest BCUT2D eigenvalue weighted by atomic mass is 10.0. The summed E-state index contributed by atoms with van der Waals surface area (Å²) in [5.41, 5.74) is -0.461. The number of phenols is 3. The van der Waals surface area contributed by atoms with Crippen LogP contribution in [0.4, 0.5) is 5.69 Å². The molecule has 0 aromatic heterocycles. The minimum Gasteiger partial charge on any atom is -0.867 e. The van der Waals surface area contributed by atoms with Crippen LogP contribution < -0.4 is 9.29 Å². The zero-order valence-corrected chi connectivity index (χ0v) is 17.9. The first-order chi connectivity index (χ1) is 16.1. The molecule has 0 aliphatic carbocycles. The minimum atomic E-state index is -4.40. The summed E-state index contributed by atoms with van der Waals surface area (Å²) in [5, 5.41) is 50.2.